The lowest BCUT2D eigenvalue weighted by Crippen LogP contribution is -2.06. The van der Waals surface area contributed by atoms with Gasteiger partial charge in [-0.2, -0.15) is 5.10 Å². The van der Waals surface area contributed by atoms with E-state index in [-0.39, 0.29) is 11.6 Å². The maximum Gasteiger partial charge on any atom is 0.356 e. The predicted octanol–water partition coefficient (Wildman–Crippen LogP) is 4.56. The van der Waals surface area contributed by atoms with Gasteiger partial charge in [0.25, 0.3) is 0 Å². The second-order valence-electron chi connectivity index (χ2n) is 5.03. The largest absolute Gasteiger partial charge is 0.476 e. The third-order valence-electron chi connectivity index (χ3n) is 3.26. The van der Waals surface area contributed by atoms with E-state index in [4.69, 9.17) is 23.2 Å². The summed E-state index contributed by atoms with van der Waals surface area (Å²) < 4.78 is 1.62. The fraction of sp³-hybridized carbons (Fsp3) is 0.333. The van der Waals surface area contributed by atoms with Crippen LogP contribution in [-0.4, -0.2) is 20.9 Å². The quantitative estimate of drug-likeness (QED) is 0.895. The number of carbonyl (C=O) groups is 1. The van der Waals surface area contributed by atoms with E-state index in [1.54, 1.807) is 22.9 Å². The molecule has 0 saturated heterocycles. The van der Waals surface area contributed by atoms with Crippen LogP contribution in [-0.2, 0) is 6.42 Å². The Labute approximate surface area is 133 Å². The Bertz CT molecular complexity index is 693. The van der Waals surface area contributed by atoms with E-state index in [0.29, 0.717) is 22.2 Å². The lowest BCUT2D eigenvalue weighted by molar-refractivity contribution is 0.0689. The Morgan fingerprint density at radius 3 is 2.52 bits per heavy atom. The Hall–Kier alpha value is -1.52. The number of carboxylic acid groups (broad SMARTS) is 1. The molecule has 0 bridgehead atoms. The van der Waals surface area contributed by atoms with Crippen molar-refractivity contribution in [2.75, 3.05) is 0 Å². The molecule has 0 aliphatic heterocycles. The number of nitrogens with zero attached hydrogens (tertiary/aromatic N) is 2. The first-order chi connectivity index (χ1) is 9.86. The first kappa shape index (κ1) is 15.9. The molecule has 0 radical (unpaired) electrons. The van der Waals surface area contributed by atoms with E-state index in [9.17, 15) is 9.90 Å². The molecule has 1 N–H and O–H groups in total. The SMILES string of the molecule is CCc1c(C(=O)O)nn(-c2ccc(Cl)cc2Cl)c1C(C)C. The lowest BCUT2D eigenvalue weighted by atomic mass is 10.0. The molecule has 112 valence electrons. The normalized spacial score (nSPS) is 11.1. The highest BCUT2D eigenvalue weighted by atomic mass is 35.5. The van der Waals surface area contributed by atoms with Crippen LogP contribution in [0.3, 0.4) is 0 Å². The molecule has 1 aromatic carbocycles. The molecule has 4 nitrogen and oxygen atoms in total. The molecule has 2 rings (SSSR count). The van der Waals surface area contributed by atoms with Crippen molar-refractivity contribution in [2.24, 2.45) is 0 Å². The summed E-state index contributed by atoms with van der Waals surface area (Å²) in [5.41, 5.74) is 2.31. The van der Waals surface area contributed by atoms with Gasteiger partial charge in [-0.15, -0.1) is 0 Å². The van der Waals surface area contributed by atoms with Crippen molar-refractivity contribution in [3.8, 4) is 5.69 Å². The first-order valence-corrected chi connectivity index (χ1v) is 7.42. The molecule has 0 spiro atoms. The average Bonchev–Trinajstić information content (AvgIpc) is 2.78. The van der Waals surface area contributed by atoms with Gasteiger partial charge in [0, 0.05) is 10.6 Å². The van der Waals surface area contributed by atoms with Gasteiger partial charge in [-0.1, -0.05) is 44.0 Å². The summed E-state index contributed by atoms with van der Waals surface area (Å²) in [5, 5.41) is 14.6. The number of aromatic carboxylic acids is 1. The van der Waals surface area contributed by atoms with Gasteiger partial charge >= 0.3 is 5.97 Å². The monoisotopic (exact) mass is 326 g/mol. The van der Waals surface area contributed by atoms with E-state index < -0.39 is 5.97 Å². The average molecular weight is 327 g/mol. The number of aromatic nitrogens is 2. The van der Waals surface area contributed by atoms with Crippen LogP contribution in [0.2, 0.25) is 10.0 Å². The van der Waals surface area contributed by atoms with Gasteiger partial charge in [0.2, 0.25) is 0 Å². The van der Waals surface area contributed by atoms with Gasteiger partial charge < -0.3 is 5.11 Å². The third-order valence-corrected chi connectivity index (χ3v) is 3.80. The lowest BCUT2D eigenvalue weighted by Gasteiger charge is -2.13. The molecule has 1 aromatic heterocycles. The van der Waals surface area contributed by atoms with Gasteiger partial charge in [-0.3, -0.25) is 0 Å². The zero-order valence-corrected chi connectivity index (χ0v) is 13.5. The molecular formula is C15H16Cl2N2O2. The van der Waals surface area contributed by atoms with Crippen molar-refractivity contribution >= 4 is 29.2 Å². The third kappa shape index (κ3) is 2.92. The number of hydrogen-bond acceptors (Lipinski definition) is 2. The van der Waals surface area contributed by atoms with E-state index in [1.165, 1.54) is 0 Å². The zero-order chi connectivity index (χ0) is 15.7. The van der Waals surface area contributed by atoms with Gasteiger partial charge in [0.1, 0.15) is 0 Å². The number of halogens is 2. The summed E-state index contributed by atoms with van der Waals surface area (Å²) >= 11 is 12.1. The Morgan fingerprint density at radius 2 is 2.05 bits per heavy atom. The van der Waals surface area contributed by atoms with Crippen molar-refractivity contribution in [1.29, 1.82) is 0 Å². The Morgan fingerprint density at radius 1 is 1.38 bits per heavy atom. The maximum absolute atomic E-state index is 11.4. The summed E-state index contributed by atoms with van der Waals surface area (Å²) in [4.78, 5) is 11.4. The first-order valence-electron chi connectivity index (χ1n) is 6.67. The molecule has 0 amide bonds. The highest BCUT2D eigenvalue weighted by Gasteiger charge is 2.24. The van der Waals surface area contributed by atoms with Crippen molar-refractivity contribution in [3.05, 3.63) is 45.2 Å². The smallest absolute Gasteiger partial charge is 0.356 e. The summed E-state index contributed by atoms with van der Waals surface area (Å²) in [6, 6.07) is 5.07. The number of carboxylic acids is 1. The van der Waals surface area contributed by atoms with Crippen LogP contribution in [0.5, 0.6) is 0 Å². The molecule has 2 aromatic rings. The maximum atomic E-state index is 11.4. The summed E-state index contributed by atoms with van der Waals surface area (Å²) in [6.45, 7) is 5.92. The molecule has 0 aliphatic carbocycles. The van der Waals surface area contributed by atoms with Crippen LogP contribution in [0, 0.1) is 0 Å². The van der Waals surface area contributed by atoms with Crippen LogP contribution < -0.4 is 0 Å². The zero-order valence-electron chi connectivity index (χ0n) is 12.0. The molecule has 0 saturated carbocycles. The van der Waals surface area contributed by atoms with Crippen molar-refractivity contribution in [2.45, 2.75) is 33.1 Å². The predicted molar refractivity (Wildman–Crippen MR) is 84.0 cm³/mol. The van der Waals surface area contributed by atoms with Gasteiger partial charge in [0.15, 0.2) is 5.69 Å². The topological polar surface area (TPSA) is 55.1 Å². The molecule has 6 heteroatoms. The Kier molecular flexibility index (Phi) is 4.59. The molecule has 1 heterocycles. The van der Waals surface area contributed by atoms with Crippen molar-refractivity contribution in [3.63, 3.8) is 0 Å². The van der Waals surface area contributed by atoms with E-state index in [0.717, 1.165) is 11.3 Å². The van der Waals surface area contributed by atoms with Gasteiger partial charge in [-0.05, 0) is 30.5 Å². The minimum Gasteiger partial charge on any atom is -0.476 e. The second kappa shape index (κ2) is 6.08. The van der Waals surface area contributed by atoms with E-state index in [2.05, 4.69) is 5.10 Å². The van der Waals surface area contributed by atoms with Crippen LogP contribution in [0.1, 0.15) is 48.4 Å². The van der Waals surface area contributed by atoms with Crippen LogP contribution in [0.25, 0.3) is 5.69 Å². The van der Waals surface area contributed by atoms with Crippen molar-refractivity contribution in [1.82, 2.24) is 9.78 Å². The fourth-order valence-electron chi connectivity index (χ4n) is 2.41. The summed E-state index contributed by atoms with van der Waals surface area (Å²) in [7, 11) is 0. The van der Waals surface area contributed by atoms with Gasteiger partial charge in [-0.25, -0.2) is 9.48 Å². The minimum atomic E-state index is -1.03. The van der Waals surface area contributed by atoms with E-state index >= 15 is 0 Å². The van der Waals surface area contributed by atoms with Crippen LogP contribution in [0.15, 0.2) is 18.2 Å². The molecule has 21 heavy (non-hydrogen) atoms. The fourth-order valence-corrected chi connectivity index (χ4v) is 2.90. The summed E-state index contributed by atoms with van der Waals surface area (Å²) in [6.07, 6.45) is 0.598. The van der Waals surface area contributed by atoms with Crippen LogP contribution >= 0.6 is 23.2 Å². The highest BCUT2D eigenvalue weighted by Crippen LogP contribution is 2.31. The standard InChI is InChI=1S/C15H16Cl2N2O2/c1-4-10-13(15(20)21)18-19(14(10)8(2)3)12-6-5-9(16)7-11(12)17/h5-8H,4H2,1-3H3,(H,20,21). The van der Waals surface area contributed by atoms with Crippen molar-refractivity contribution < 1.29 is 9.90 Å². The van der Waals surface area contributed by atoms with Gasteiger partial charge in [0.05, 0.1) is 16.4 Å². The highest BCUT2D eigenvalue weighted by molar-refractivity contribution is 6.35. The second-order valence-corrected chi connectivity index (χ2v) is 5.88. The Balaban J connectivity index is 2.76. The molecule has 0 atom stereocenters. The number of hydrogen-bond donors (Lipinski definition) is 1. The number of benzene rings is 1. The summed E-state index contributed by atoms with van der Waals surface area (Å²) in [5.74, 6) is -0.912. The van der Waals surface area contributed by atoms with E-state index in [1.807, 2.05) is 20.8 Å². The molecule has 0 unspecified atom stereocenters. The molecule has 0 fully saturated rings. The number of rotatable bonds is 4. The van der Waals surface area contributed by atoms with Crippen LogP contribution in [0.4, 0.5) is 0 Å². The molecule has 0 aliphatic rings. The molecular weight excluding hydrogens is 311 g/mol. The minimum absolute atomic E-state index is 0.0761.